The summed E-state index contributed by atoms with van der Waals surface area (Å²) in [5.41, 5.74) is 1.79. The molecule has 0 aliphatic heterocycles. The summed E-state index contributed by atoms with van der Waals surface area (Å²) >= 11 is 1.60. The Morgan fingerprint density at radius 1 is 1.08 bits per heavy atom. The summed E-state index contributed by atoms with van der Waals surface area (Å²) in [6.45, 7) is 4.49. The van der Waals surface area contributed by atoms with Gasteiger partial charge in [0.15, 0.2) is 0 Å². The molecule has 0 bridgehead atoms. The SMILES string of the molecule is CCCCCCC.Cl.c1cscn1. The Morgan fingerprint density at radius 2 is 1.69 bits per heavy atom. The lowest BCUT2D eigenvalue weighted by atomic mass is 10.2. The second kappa shape index (κ2) is 14.4. The van der Waals surface area contributed by atoms with Crippen LogP contribution in [0.4, 0.5) is 0 Å². The minimum atomic E-state index is 0. The number of hydrogen-bond acceptors (Lipinski definition) is 2. The largest absolute Gasteiger partial charge is 0.253 e. The molecule has 1 rings (SSSR count). The summed E-state index contributed by atoms with van der Waals surface area (Å²) in [6, 6.07) is 0. The van der Waals surface area contributed by atoms with Gasteiger partial charge < -0.3 is 0 Å². The van der Waals surface area contributed by atoms with Crippen molar-refractivity contribution >= 4 is 23.7 Å². The molecule has 3 heteroatoms. The molecule has 1 aromatic heterocycles. The number of rotatable bonds is 4. The van der Waals surface area contributed by atoms with E-state index in [2.05, 4.69) is 18.8 Å². The van der Waals surface area contributed by atoms with E-state index in [0.717, 1.165) is 0 Å². The molecule has 0 aromatic carbocycles. The zero-order valence-corrected chi connectivity index (χ0v) is 10.2. The van der Waals surface area contributed by atoms with Gasteiger partial charge in [-0.15, -0.1) is 23.7 Å². The van der Waals surface area contributed by atoms with Crippen molar-refractivity contribution in [2.45, 2.75) is 46.0 Å². The molecule has 0 saturated carbocycles. The van der Waals surface area contributed by atoms with Gasteiger partial charge in [0.05, 0.1) is 5.51 Å². The number of unbranched alkanes of at least 4 members (excludes halogenated alkanes) is 4. The maximum atomic E-state index is 3.74. The zero-order valence-electron chi connectivity index (χ0n) is 8.53. The van der Waals surface area contributed by atoms with E-state index in [1.54, 1.807) is 23.0 Å². The highest BCUT2D eigenvalue weighted by Gasteiger charge is 1.80. The summed E-state index contributed by atoms with van der Waals surface area (Å²) < 4.78 is 0. The molecule has 0 saturated heterocycles. The van der Waals surface area contributed by atoms with Gasteiger partial charge in [-0.25, -0.2) is 0 Å². The normalized spacial score (nSPS) is 8.15. The fourth-order valence-corrected chi connectivity index (χ4v) is 1.20. The molecule has 1 heterocycles. The quantitative estimate of drug-likeness (QED) is 0.681. The van der Waals surface area contributed by atoms with E-state index < -0.39 is 0 Å². The van der Waals surface area contributed by atoms with Gasteiger partial charge in [0.1, 0.15) is 0 Å². The minimum Gasteiger partial charge on any atom is -0.253 e. The molecule has 0 unspecified atom stereocenters. The molecule has 0 aliphatic carbocycles. The molecule has 0 N–H and O–H groups in total. The van der Waals surface area contributed by atoms with Crippen molar-refractivity contribution in [3.8, 4) is 0 Å². The van der Waals surface area contributed by atoms with Crippen LogP contribution in [0.1, 0.15) is 46.0 Å². The van der Waals surface area contributed by atoms with Crippen LogP contribution in [0.3, 0.4) is 0 Å². The summed E-state index contributed by atoms with van der Waals surface area (Å²) in [5, 5.41) is 1.93. The molecule has 1 aromatic rings. The van der Waals surface area contributed by atoms with Crippen LogP contribution < -0.4 is 0 Å². The molecular weight excluding hydrogens is 202 g/mol. The molecule has 0 atom stereocenters. The van der Waals surface area contributed by atoms with E-state index in [9.17, 15) is 0 Å². The molecule has 1 nitrogen and oxygen atoms in total. The lowest BCUT2D eigenvalue weighted by molar-refractivity contribution is 0.656. The van der Waals surface area contributed by atoms with Gasteiger partial charge in [-0.05, 0) is 0 Å². The summed E-state index contributed by atoms with van der Waals surface area (Å²) in [5.74, 6) is 0. The number of nitrogens with zero attached hydrogens (tertiary/aromatic N) is 1. The summed E-state index contributed by atoms with van der Waals surface area (Å²) in [7, 11) is 0. The molecule has 0 aliphatic rings. The monoisotopic (exact) mass is 221 g/mol. The highest BCUT2D eigenvalue weighted by molar-refractivity contribution is 7.07. The van der Waals surface area contributed by atoms with Crippen LogP contribution in [0, 0.1) is 0 Å². The topological polar surface area (TPSA) is 12.9 Å². The number of hydrogen-bond donors (Lipinski definition) is 0. The van der Waals surface area contributed by atoms with Crippen molar-refractivity contribution in [3.05, 3.63) is 17.1 Å². The highest BCUT2D eigenvalue weighted by atomic mass is 35.5. The molecule has 13 heavy (non-hydrogen) atoms. The fraction of sp³-hybridized carbons (Fsp3) is 0.700. The fourth-order valence-electron chi connectivity index (χ4n) is 0.852. The average molecular weight is 222 g/mol. The first-order valence-electron chi connectivity index (χ1n) is 4.74. The maximum Gasteiger partial charge on any atom is 0.0791 e. The first-order valence-corrected chi connectivity index (χ1v) is 5.68. The first kappa shape index (κ1) is 15.4. The van der Waals surface area contributed by atoms with Crippen molar-refractivity contribution in [2.75, 3.05) is 0 Å². The number of aromatic nitrogens is 1. The Kier molecular flexibility index (Phi) is 17.1. The lowest BCUT2D eigenvalue weighted by Gasteiger charge is -1.90. The Morgan fingerprint density at radius 3 is 1.92 bits per heavy atom. The van der Waals surface area contributed by atoms with Gasteiger partial charge in [-0.3, -0.25) is 4.98 Å². The van der Waals surface area contributed by atoms with Crippen LogP contribution in [0.15, 0.2) is 17.1 Å². The van der Waals surface area contributed by atoms with Gasteiger partial charge in [0.25, 0.3) is 0 Å². The van der Waals surface area contributed by atoms with Crippen LogP contribution in [0.2, 0.25) is 0 Å². The van der Waals surface area contributed by atoms with E-state index >= 15 is 0 Å². The van der Waals surface area contributed by atoms with Gasteiger partial charge >= 0.3 is 0 Å². The Labute approximate surface area is 92.0 Å². The molecule has 0 radical (unpaired) electrons. The van der Waals surface area contributed by atoms with Crippen molar-refractivity contribution in [2.24, 2.45) is 0 Å². The van der Waals surface area contributed by atoms with Crippen molar-refractivity contribution < 1.29 is 0 Å². The third-order valence-corrected chi connectivity index (χ3v) is 2.08. The van der Waals surface area contributed by atoms with Crippen molar-refractivity contribution in [3.63, 3.8) is 0 Å². The highest BCUT2D eigenvalue weighted by Crippen LogP contribution is 2.00. The van der Waals surface area contributed by atoms with Crippen molar-refractivity contribution in [1.82, 2.24) is 4.98 Å². The average Bonchev–Trinajstić information content (AvgIpc) is 2.62. The van der Waals surface area contributed by atoms with Crippen LogP contribution in [-0.2, 0) is 0 Å². The van der Waals surface area contributed by atoms with E-state index in [0.29, 0.717) is 0 Å². The Bertz CT molecular complexity index is 121. The van der Waals surface area contributed by atoms with E-state index in [1.807, 2.05) is 5.38 Å². The molecule has 0 spiro atoms. The van der Waals surface area contributed by atoms with E-state index in [1.165, 1.54) is 32.1 Å². The first-order chi connectivity index (χ1) is 5.91. The van der Waals surface area contributed by atoms with E-state index in [-0.39, 0.29) is 12.4 Å². The minimum absolute atomic E-state index is 0. The van der Waals surface area contributed by atoms with Gasteiger partial charge in [0.2, 0.25) is 0 Å². The van der Waals surface area contributed by atoms with Crippen LogP contribution in [0.25, 0.3) is 0 Å². The molecule has 78 valence electrons. The van der Waals surface area contributed by atoms with Crippen LogP contribution in [0.5, 0.6) is 0 Å². The predicted molar refractivity (Wildman–Crippen MR) is 63.8 cm³/mol. The zero-order chi connectivity index (χ0) is 9.07. The number of halogens is 1. The standard InChI is InChI=1S/C7H16.C3H3NS.ClH/c1-3-5-7-6-4-2;1-2-5-3-4-1;/h3-7H2,1-2H3;1-3H;1H. The molecule has 0 fully saturated rings. The maximum absolute atomic E-state index is 3.74. The van der Waals surface area contributed by atoms with Crippen LogP contribution >= 0.6 is 23.7 Å². The summed E-state index contributed by atoms with van der Waals surface area (Å²) in [4.78, 5) is 3.74. The predicted octanol–water partition coefficient (Wildman–Crippen LogP) is 4.54. The third-order valence-electron chi connectivity index (χ3n) is 1.55. The van der Waals surface area contributed by atoms with Gasteiger partial charge in [-0.1, -0.05) is 46.0 Å². The lowest BCUT2D eigenvalue weighted by Crippen LogP contribution is -1.70. The third kappa shape index (κ3) is 14.7. The van der Waals surface area contributed by atoms with Gasteiger partial charge in [0, 0.05) is 11.6 Å². The second-order valence-electron chi connectivity index (χ2n) is 2.74. The molecular formula is C10H20ClNS. The van der Waals surface area contributed by atoms with Crippen LogP contribution in [-0.4, -0.2) is 4.98 Å². The number of thiazole rings is 1. The Balaban J connectivity index is 0. The molecule has 0 amide bonds. The smallest absolute Gasteiger partial charge is 0.0791 e. The summed E-state index contributed by atoms with van der Waals surface area (Å²) in [6.07, 6.45) is 8.78. The van der Waals surface area contributed by atoms with Crippen molar-refractivity contribution in [1.29, 1.82) is 0 Å². The Hall–Kier alpha value is -0.0800. The van der Waals surface area contributed by atoms with Gasteiger partial charge in [-0.2, -0.15) is 0 Å². The second-order valence-corrected chi connectivity index (χ2v) is 3.49. The van der Waals surface area contributed by atoms with E-state index in [4.69, 9.17) is 0 Å².